The summed E-state index contributed by atoms with van der Waals surface area (Å²) in [6.45, 7) is 6.67. The van der Waals surface area contributed by atoms with Crippen LogP contribution in [0.25, 0.3) is 0 Å². The third-order valence-corrected chi connectivity index (χ3v) is 3.52. The van der Waals surface area contributed by atoms with Crippen molar-refractivity contribution < 1.29 is 10.2 Å². The predicted molar refractivity (Wildman–Crippen MR) is 53.3 cm³/mol. The van der Waals surface area contributed by atoms with Crippen LogP contribution in [-0.4, -0.2) is 22.9 Å². The maximum absolute atomic E-state index is 9.78. The molecule has 1 rings (SSSR count). The van der Waals surface area contributed by atoms with Crippen molar-refractivity contribution in [3.63, 3.8) is 0 Å². The highest BCUT2D eigenvalue weighted by Crippen LogP contribution is 2.36. The third-order valence-electron chi connectivity index (χ3n) is 3.52. The van der Waals surface area contributed by atoms with Gasteiger partial charge in [-0.2, -0.15) is 0 Å². The molecule has 2 N–H and O–H groups in total. The highest BCUT2D eigenvalue weighted by Gasteiger charge is 2.34. The summed E-state index contributed by atoms with van der Waals surface area (Å²) in [5.74, 6) is 1.80. The highest BCUT2D eigenvalue weighted by molar-refractivity contribution is 4.84. The molecule has 0 amide bonds. The molecule has 0 spiro atoms. The molecule has 0 aromatic heterocycles. The van der Waals surface area contributed by atoms with Crippen LogP contribution in [0, 0.1) is 23.7 Å². The summed E-state index contributed by atoms with van der Waals surface area (Å²) in [4.78, 5) is 0. The molecule has 0 heterocycles. The third kappa shape index (κ3) is 2.44. The zero-order valence-electron chi connectivity index (χ0n) is 8.90. The first-order valence-electron chi connectivity index (χ1n) is 5.35. The van der Waals surface area contributed by atoms with Gasteiger partial charge < -0.3 is 10.2 Å². The van der Waals surface area contributed by atoms with Crippen LogP contribution in [0.1, 0.15) is 33.6 Å². The Morgan fingerprint density at radius 2 is 1.92 bits per heavy atom. The molecule has 4 unspecified atom stereocenters. The Bertz CT molecular complexity index is 156. The summed E-state index contributed by atoms with van der Waals surface area (Å²) in [5.41, 5.74) is 0. The minimum Gasteiger partial charge on any atom is -0.396 e. The van der Waals surface area contributed by atoms with E-state index in [4.69, 9.17) is 5.11 Å². The number of rotatable bonds is 2. The lowest BCUT2D eigenvalue weighted by molar-refractivity contribution is -0.0277. The Morgan fingerprint density at radius 1 is 1.31 bits per heavy atom. The van der Waals surface area contributed by atoms with Gasteiger partial charge in [-0.25, -0.2) is 0 Å². The van der Waals surface area contributed by atoms with Gasteiger partial charge in [0.25, 0.3) is 0 Å². The normalized spacial score (nSPS) is 41.1. The van der Waals surface area contributed by atoms with Gasteiger partial charge in [-0.05, 0) is 30.6 Å². The van der Waals surface area contributed by atoms with Crippen LogP contribution >= 0.6 is 0 Å². The van der Waals surface area contributed by atoms with Gasteiger partial charge in [-0.1, -0.05) is 20.8 Å². The quantitative estimate of drug-likeness (QED) is 0.688. The van der Waals surface area contributed by atoms with Crippen LogP contribution in [0.3, 0.4) is 0 Å². The van der Waals surface area contributed by atoms with Gasteiger partial charge in [0.05, 0.1) is 6.10 Å². The predicted octanol–water partition coefficient (Wildman–Crippen LogP) is 1.66. The maximum Gasteiger partial charge on any atom is 0.0616 e. The van der Waals surface area contributed by atoms with Crippen LogP contribution < -0.4 is 0 Å². The van der Waals surface area contributed by atoms with E-state index in [1.807, 2.05) is 0 Å². The van der Waals surface area contributed by atoms with Crippen molar-refractivity contribution >= 4 is 0 Å². The molecular formula is C11H22O2. The van der Waals surface area contributed by atoms with Crippen LogP contribution in [0.5, 0.6) is 0 Å². The summed E-state index contributed by atoms with van der Waals surface area (Å²) in [7, 11) is 0. The molecule has 13 heavy (non-hydrogen) atoms. The van der Waals surface area contributed by atoms with Crippen molar-refractivity contribution in [2.45, 2.75) is 39.7 Å². The molecule has 0 bridgehead atoms. The first kappa shape index (κ1) is 11.0. The zero-order valence-corrected chi connectivity index (χ0v) is 8.90. The highest BCUT2D eigenvalue weighted by atomic mass is 16.3. The SMILES string of the molecule is CC(C)C1CC(C)C(O)C(CO)C1. The molecule has 4 atom stereocenters. The molecule has 0 saturated heterocycles. The molecule has 0 aromatic rings. The van der Waals surface area contributed by atoms with E-state index in [2.05, 4.69) is 20.8 Å². The van der Waals surface area contributed by atoms with Crippen LogP contribution in [0.15, 0.2) is 0 Å². The number of aliphatic hydroxyl groups excluding tert-OH is 2. The van der Waals surface area contributed by atoms with E-state index in [0.717, 1.165) is 12.8 Å². The standard InChI is InChI=1S/C11H22O2/c1-7(2)9-4-8(3)11(13)10(5-9)6-12/h7-13H,4-6H2,1-3H3. The second-order valence-corrected chi connectivity index (χ2v) is 4.89. The Morgan fingerprint density at radius 3 is 2.38 bits per heavy atom. The Labute approximate surface area is 81.0 Å². The second-order valence-electron chi connectivity index (χ2n) is 4.89. The van der Waals surface area contributed by atoms with Gasteiger partial charge in [0.1, 0.15) is 0 Å². The average molecular weight is 186 g/mol. The monoisotopic (exact) mass is 186 g/mol. The minimum atomic E-state index is -0.292. The molecule has 0 aliphatic heterocycles. The van der Waals surface area contributed by atoms with Gasteiger partial charge in [0.2, 0.25) is 0 Å². The van der Waals surface area contributed by atoms with Crippen LogP contribution in [0.2, 0.25) is 0 Å². The lowest BCUT2D eigenvalue weighted by Crippen LogP contribution is -2.39. The Kier molecular flexibility index (Phi) is 3.74. The van der Waals surface area contributed by atoms with Crippen molar-refractivity contribution in [2.24, 2.45) is 23.7 Å². The van der Waals surface area contributed by atoms with Crippen molar-refractivity contribution in [3.05, 3.63) is 0 Å². The lowest BCUT2D eigenvalue weighted by Gasteiger charge is -2.38. The second kappa shape index (κ2) is 4.43. The van der Waals surface area contributed by atoms with Crippen molar-refractivity contribution in [1.29, 1.82) is 0 Å². The van der Waals surface area contributed by atoms with Crippen LogP contribution in [-0.2, 0) is 0 Å². The number of hydrogen-bond acceptors (Lipinski definition) is 2. The fourth-order valence-corrected chi connectivity index (χ4v) is 2.43. The first-order valence-corrected chi connectivity index (χ1v) is 5.35. The summed E-state index contributed by atoms with van der Waals surface area (Å²) < 4.78 is 0. The van der Waals surface area contributed by atoms with Crippen molar-refractivity contribution in [1.82, 2.24) is 0 Å². The molecule has 1 aliphatic carbocycles. The summed E-state index contributed by atoms with van der Waals surface area (Å²) in [6.07, 6.45) is 1.80. The summed E-state index contributed by atoms with van der Waals surface area (Å²) in [5, 5.41) is 18.9. The van der Waals surface area contributed by atoms with E-state index in [1.54, 1.807) is 0 Å². The Hall–Kier alpha value is -0.0800. The molecule has 2 heteroatoms. The fourth-order valence-electron chi connectivity index (χ4n) is 2.43. The topological polar surface area (TPSA) is 40.5 Å². The molecule has 1 aliphatic rings. The lowest BCUT2D eigenvalue weighted by atomic mass is 9.70. The van der Waals surface area contributed by atoms with Gasteiger partial charge in [0, 0.05) is 12.5 Å². The van der Waals surface area contributed by atoms with E-state index in [9.17, 15) is 5.11 Å². The summed E-state index contributed by atoms with van der Waals surface area (Å²) >= 11 is 0. The smallest absolute Gasteiger partial charge is 0.0616 e. The van der Waals surface area contributed by atoms with E-state index in [-0.39, 0.29) is 18.6 Å². The molecule has 0 aromatic carbocycles. The first-order chi connectivity index (χ1) is 6.06. The largest absolute Gasteiger partial charge is 0.396 e. The molecule has 0 radical (unpaired) electrons. The van der Waals surface area contributed by atoms with Gasteiger partial charge in [0.15, 0.2) is 0 Å². The summed E-state index contributed by atoms with van der Waals surface area (Å²) in [6, 6.07) is 0. The van der Waals surface area contributed by atoms with E-state index in [1.165, 1.54) is 0 Å². The number of hydrogen-bond donors (Lipinski definition) is 2. The van der Waals surface area contributed by atoms with Gasteiger partial charge in [-0.3, -0.25) is 0 Å². The molecule has 1 saturated carbocycles. The molecular weight excluding hydrogens is 164 g/mol. The van der Waals surface area contributed by atoms with Gasteiger partial charge >= 0.3 is 0 Å². The number of aliphatic hydroxyl groups is 2. The van der Waals surface area contributed by atoms with E-state index in [0.29, 0.717) is 17.8 Å². The zero-order chi connectivity index (χ0) is 10.0. The Balaban J connectivity index is 2.58. The molecule has 2 nitrogen and oxygen atoms in total. The minimum absolute atomic E-state index is 0.108. The van der Waals surface area contributed by atoms with Crippen molar-refractivity contribution in [2.75, 3.05) is 6.61 Å². The van der Waals surface area contributed by atoms with E-state index >= 15 is 0 Å². The van der Waals surface area contributed by atoms with Crippen LogP contribution in [0.4, 0.5) is 0 Å². The maximum atomic E-state index is 9.78. The van der Waals surface area contributed by atoms with Crippen molar-refractivity contribution in [3.8, 4) is 0 Å². The molecule has 1 fully saturated rings. The van der Waals surface area contributed by atoms with Gasteiger partial charge in [-0.15, -0.1) is 0 Å². The molecule has 78 valence electrons. The average Bonchev–Trinajstić information content (AvgIpc) is 2.09. The fraction of sp³-hybridized carbons (Fsp3) is 1.00. The van der Waals surface area contributed by atoms with E-state index < -0.39 is 0 Å².